The number of rotatable bonds is 2. The molecule has 74 valence electrons. The summed E-state index contributed by atoms with van der Waals surface area (Å²) >= 11 is 0. The van der Waals surface area contributed by atoms with Gasteiger partial charge in [0, 0.05) is 5.54 Å². The molecule has 13 heavy (non-hydrogen) atoms. The molecular weight excluding hydrogens is 160 g/mol. The second kappa shape index (κ2) is 2.48. The fourth-order valence-electron chi connectivity index (χ4n) is 4.17. The van der Waals surface area contributed by atoms with E-state index in [1.165, 1.54) is 51.4 Å². The largest absolute Gasteiger partial charge is 0.271 e. The summed E-state index contributed by atoms with van der Waals surface area (Å²) in [4.78, 5) is 0. The predicted molar refractivity (Wildman–Crippen MR) is 52.9 cm³/mol. The monoisotopic (exact) mass is 180 g/mol. The number of nitrogens with two attached hydrogens (primary N) is 1. The van der Waals surface area contributed by atoms with Crippen LogP contribution >= 0.6 is 0 Å². The second-order valence-corrected chi connectivity index (χ2v) is 5.65. The molecule has 4 saturated carbocycles. The van der Waals surface area contributed by atoms with E-state index in [9.17, 15) is 0 Å². The van der Waals surface area contributed by atoms with Crippen molar-refractivity contribution in [2.45, 2.75) is 56.9 Å². The van der Waals surface area contributed by atoms with Crippen LogP contribution in [0.5, 0.6) is 0 Å². The Balaban J connectivity index is 1.63. The first-order valence-electron chi connectivity index (χ1n) is 5.77. The average Bonchev–Trinajstić information content (AvgIpc) is 2.02. The molecule has 4 aliphatic carbocycles. The van der Waals surface area contributed by atoms with Crippen molar-refractivity contribution in [3.05, 3.63) is 0 Å². The Labute approximate surface area is 80.2 Å². The summed E-state index contributed by atoms with van der Waals surface area (Å²) in [5, 5.41) is 0. The minimum Gasteiger partial charge on any atom is -0.271 e. The maximum atomic E-state index is 5.54. The smallest absolute Gasteiger partial charge is 0.0337 e. The molecule has 0 aromatic heterocycles. The van der Waals surface area contributed by atoms with Crippen LogP contribution in [-0.2, 0) is 0 Å². The van der Waals surface area contributed by atoms with E-state index < -0.39 is 0 Å². The molecule has 3 N–H and O–H groups in total. The maximum absolute atomic E-state index is 5.54. The summed E-state index contributed by atoms with van der Waals surface area (Å²) in [5.74, 6) is 6.60. The minimum absolute atomic E-state index is 0.400. The van der Waals surface area contributed by atoms with E-state index in [4.69, 9.17) is 5.84 Å². The molecule has 0 amide bonds. The first-order valence-corrected chi connectivity index (χ1v) is 5.77. The number of nitrogens with one attached hydrogen (secondary N) is 1. The van der Waals surface area contributed by atoms with Gasteiger partial charge < -0.3 is 0 Å². The highest BCUT2D eigenvalue weighted by Gasteiger charge is 2.69. The van der Waals surface area contributed by atoms with Gasteiger partial charge in [-0.05, 0) is 43.4 Å². The third-order valence-corrected chi connectivity index (χ3v) is 4.85. The van der Waals surface area contributed by atoms with Gasteiger partial charge in [-0.25, -0.2) is 0 Å². The molecule has 2 heteroatoms. The zero-order valence-electron chi connectivity index (χ0n) is 8.31. The van der Waals surface area contributed by atoms with Crippen molar-refractivity contribution in [1.82, 2.24) is 5.43 Å². The summed E-state index contributed by atoms with van der Waals surface area (Å²) in [7, 11) is 0. The van der Waals surface area contributed by atoms with Crippen molar-refractivity contribution in [3.63, 3.8) is 0 Å². The Morgan fingerprint density at radius 1 is 1.00 bits per heavy atom. The van der Waals surface area contributed by atoms with Crippen molar-refractivity contribution in [2.75, 3.05) is 0 Å². The van der Waals surface area contributed by atoms with E-state index in [0.29, 0.717) is 5.54 Å². The summed E-state index contributed by atoms with van der Waals surface area (Å²) in [6, 6.07) is 0. The van der Waals surface area contributed by atoms with Crippen LogP contribution in [-0.4, -0.2) is 5.54 Å². The zero-order valence-corrected chi connectivity index (χ0v) is 8.31. The molecule has 0 radical (unpaired) electrons. The lowest BCUT2D eigenvalue weighted by Crippen LogP contribution is -2.77. The maximum Gasteiger partial charge on any atom is 0.0337 e. The molecule has 0 aromatic carbocycles. The normalized spacial score (nSPS) is 49.6. The molecule has 2 nitrogen and oxygen atoms in total. The SMILES string of the molecule is NNC12CC(C3CCCCC3)(C1)C2. The Bertz CT molecular complexity index is 198. The highest BCUT2D eigenvalue weighted by molar-refractivity contribution is 5.24. The second-order valence-electron chi connectivity index (χ2n) is 5.65. The molecule has 4 fully saturated rings. The van der Waals surface area contributed by atoms with Gasteiger partial charge >= 0.3 is 0 Å². The van der Waals surface area contributed by atoms with E-state index in [-0.39, 0.29) is 0 Å². The quantitative estimate of drug-likeness (QED) is 0.503. The molecule has 0 heterocycles. The van der Waals surface area contributed by atoms with Gasteiger partial charge in [0.25, 0.3) is 0 Å². The fraction of sp³-hybridized carbons (Fsp3) is 1.00. The topological polar surface area (TPSA) is 38.0 Å². The summed E-state index contributed by atoms with van der Waals surface area (Å²) in [6.45, 7) is 0. The van der Waals surface area contributed by atoms with E-state index in [1.807, 2.05) is 0 Å². The summed E-state index contributed by atoms with van der Waals surface area (Å²) < 4.78 is 0. The third-order valence-electron chi connectivity index (χ3n) is 4.85. The third kappa shape index (κ3) is 0.962. The Kier molecular flexibility index (Phi) is 1.58. The number of hydrogen-bond donors (Lipinski definition) is 2. The number of hydrazine groups is 1. The summed E-state index contributed by atoms with van der Waals surface area (Å²) in [6.07, 6.45) is 11.6. The predicted octanol–water partition coefficient (Wildman–Crippen LogP) is 1.95. The van der Waals surface area contributed by atoms with Crippen molar-refractivity contribution in [1.29, 1.82) is 0 Å². The standard InChI is InChI=1S/C11H20N2/c12-13-11-6-10(7-11,8-11)9-4-2-1-3-5-9/h9,13H,1-8,12H2. The van der Waals surface area contributed by atoms with Gasteiger partial charge in [-0.15, -0.1) is 0 Å². The van der Waals surface area contributed by atoms with E-state index in [0.717, 1.165) is 11.3 Å². The molecule has 0 atom stereocenters. The van der Waals surface area contributed by atoms with Gasteiger partial charge in [0.15, 0.2) is 0 Å². The lowest BCUT2D eigenvalue weighted by Gasteiger charge is -2.73. The van der Waals surface area contributed by atoms with E-state index >= 15 is 0 Å². The molecule has 0 aliphatic heterocycles. The van der Waals surface area contributed by atoms with Gasteiger partial charge in [-0.3, -0.25) is 11.3 Å². The Hall–Kier alpha value is -0.0800. The molecular formula is C11H20N2. The summed E-state index contributed by atoms with van der Waals surface area (Å²) in [5.41, 5.74) is 4.16. The van der Waals surface area contributed by atoms with E-state index in [2.05, 4.69) is 5.43 Å². The van der Waals surface area contributed by atoms with Gasteiger partial charge in [-0.2, -0.15) is 0 Å². The highest BCUT2D eigenvalue weighted by atomic mass is 15.3. The van der Waals surface area contributed by atoms with E-state index in [1.54, 1.807) is 0 Å². The molecule has 4 rings (SSSR count). The van der Waals surface area contributed by atoms with Gasteiger partial charge in [0.2, 0.25) is 0 Å². The van der Waals surface area contributed by atoms with Crippen LogP contribution in [0, 0.1) is 11.3 Å². The average molecular weight is 180 g/mol. The van der Waals surface area contributed by atoms with Crippen molar-refractivity contribution in [3.8, 4) is 0 Å². The van der Waals surface area contributed by atoms with Gasteiger partial charge in [-0.1, -0.05) is 19.3 Å². The zero-order chi connectivity index (χ0) is 8.94. The Morgan fingerprint density at radius 3 is 2.15 bits per heavy atom. The van der Waals surface area contributed by atoms with Crippen LogP contribution < -0.4 is 11.3 Å². The van der Waals surface area contributed by atoms with Crippen molar-refractivity contribution in [2.24, 2.45) is 17.2 Å². The molecule has 0 spiro atoms. The lowest BCUT2D eigenvalue weighted by atomic mass is 9.35. The van der Waals surface area contributed by atoms with Crippen LogP contribution in [0.4, 0.5) is 0 Å². The van der Waals surface area contributed by atoms with Gasteiger partial charge in [0.05, 0.1) is 0 Å². The van der Waals surface area contributed by atoms with Crippen LogP contribution in [0.15, 0.2) is 0 Å². The highest BCUT2D eigenvalue weighted by Crippen LogP contribution is 2.72. The van der Waals surface area contributed by atoms with Crippen molar-refractivity contribution >= 4 is 0 Å². The lowest BCUT2D eigenvalue weighted by molar-refractivity contribution is -0.197. The minimum atomic E-state index is 0.400. The first-order chi connectivity index (χ1) is 6.29. The van der Waals surface area contributed by atoms with Crippen LogP contribution in [0.25, 0.3) is 0 Å². The molecule has 0 unspecified atom stereocenters. The van der Waals surface area contributed by atoms with Crippen LogP contribution in [0.2, 0.25) is 0 Å². The fourth-order valence-corrected chi connectivity index (χ4v) is 4.17. The van der Waals surface area contributed by atoms with Crippen molar-refractivity contribution < 1.29 is 0 Å². The number of hydrogen-bond acceptors (Lipinski definition) is 2. The first kappa shape index (κ1) is 8.25. The molecule has 0 aromatic rings. The van der Waals surface area contributed by atoms with Crippen LogP contribution in [0.3, 0.4) is 0 Å². The molecule has 0 saturated heterocycles. The van der Waals surface area contributed by atoms with Gasteiger partial charge in [0.1, 0.15) is 0 Å². The van der Waals surface area contributed by atoms with Crippen LogP contribution in [0.1, 0.15) is 51.4 Å². The molecule has 2 bridgehead atoms. The Morgan fingerprint density at radius 2 is 1.62 bits per heavy atom. The molecule has 4 aliphatic rings.